The van der Waals surface area contributed by atoms with Crippen LogP contribution in [0.4, 0.5) is 23.5 Å². The summed E-state index contributed by atoms with van der Waals surface area (Å²) in [5, 5.41) is 7.98. The van der Waals surface area contributed by atoms with Crippen LogP contribution in [0.15, 0.2) is 36.4 Å². The summed E-state index contributed by atoms with van der Waals surface area (Å²) in [7, 11) is 0. The number of hydrogen-bond acceptors (Lipinski definition) is 7. The van der Waals surface area contributed by atoms with Crippen LogP contribution in [0.5, 0.6) is 11.5 Å². The van der Waals surface area contributed by atoms with Crippen LogP contribution in [0.3, 0.4) is 0 Å². The summed E-state index contributed by atoms with van der Waals surface area (Å²) in [6.45, 7) is 0.982. The van der Waals surface area contributed by atoms with E-state index in [2.05, 4.69) is 29.9 Å². The molecule has 0 amide bonds. The normalized spacial score (nSPS) is 14.9. The predicted octanol–water partition coefficient (Wildman–Crippen LogP) is 4.00. The lowest BCUT2D eigenvalue weighted by molar-refractivity contribution is -0.286. The standard InChI is InChI=1S/C20H15F4IN6O2/c21-19(22,25)11-3-1-10(2-4-11)9-27-8-7-14-28-17-12-5-6-13-16(33-20(23,24)32-13)15(12)29-18(26)31(17)30-14/h1-6,27H,7-9H2,(H2,26,29). The lowest BCUT2D eigenvalue weighted by Gasteiger charge is -2.09. The maximum Gasteiger partial charge on any atom is 0.586 e. The van der Waals surface area contributed by atoms with Gasteiger partial charge in [0.25, 0.3) is 0 Å². The Kier molecular flexibility index (Phi) is 5.19. The molecule has 0 bridgehead atoms. The molecule has 13 heteroatoms. The van der Waals surface area contributed by atoms with Gasteiger partial charge in [0.2, 0.25) is 5.95 Å². The number of nitrogen functional groups attached to an aromatic ring is 1. The van der Waals surface area contributed by atoms with Gasteiger partial charge in [-0.25, -0.2) is 9.97 Å². The van der Waals surface area contributed by atoms with Crippen LogP contribution in [-0.2, 0) is 16.9 Å². The van der Waals surface area contributed by atoms with Crippen LogP contribution in [0.1, 0.15) is 17.0 Å². The molecular weight excluding hydrogens is 559 g/mol. The van der Waals surface area contributed by atoms with E-state index in [1.165, 1.54) is 22.7 Å². The van der Waals surface area contributed by atoms with Gasteiger partial charge in [0.1, 0.15) is 5.52 Å². The number of benzene rings is 2. The molecule has 0 saturated heterocycles. The molecule has 4 aromatic rings. The summed E-state index contributed by atoms with van der Waals surface area (Å²) in [5.41, 5.74) is 7.23. The van der Waals surface area contributed by atoms with E-state index in [1.807, 2.05) is 0 Å². The minimum absolute atomic E-state index is 0.0384. The van der Waals surface area contributed by atoms with Crippen molar-refractivity contribution in [1.82, 2.24) is 24.9 Å². The number of nitrogens with one attached hydrogen (secondary N) is 1. The first-order chi connectivity index (χ1) is 15.6. The molecule has 1 aliphatic heterocycles. The monoisotopic (exact) mass is 574 g/mol. The maximum absolute atomic E-state index is 13.5. The molecule has 172 valence electrons. The second-order valence-electron chi connectivity index (χ2n) is 7.31. The fourth-order valence-electron chi connectivity index (χ4n) is 3.49. The number of halogens is 5. The first-order valence-electron chi connectivity index (χ1n) is 9.71. The molecule has 0 unspecified atom stereocenters. The van der Waals surface area contributed by atoms with Gasteiger partial charge < -0.3 is 20.5 Å². The number of ether oxygens (including phenoxy) is 2. The Labute approximate surface area is 197 Å². The number of fused-ring (bicyclic) bond motifs is 5. The van der Waals surface area contributed by atoms with Crippen LogP contribution in [0.25, 0.3) is 16.6 Å². The minimum atomic E-state index is -3.78. The fourth-order valence-corrected chi connectivity index (χ4v) is 3.85. The third-order valence-corrected chi connectivity index (χ3v) is 5.64. The Bertz CT molecular complexity index is 1360. The summed E-state index contributed by atoms with van der Waals surface area (Å²) in [6.07, 6.45) is -3.34. The molecule has 0 fully saturated rings. The molecule has 2 aromatic carbocycles. The molecule has 1 aliphatic rings. The molecule has 8 nitrogen and oxygen atoms in total. The van der Waals surface area contributed by atoms with Gasteiger partial charge in [-0.3, -0.25) is 0 Å². The molecule has 0 aliphatic carbocycles. The Balaban J connectivity index is 1.31. The molecular formula is C20H15F4IN6O2. The number of hydrogen-bond donors (Lipinski definition) is 2. The predicted molar refractivity (Wildman–Crippen MR) is 119 cm³/mol. The molecule has 3 N–H and O–H groups in total. The van der Waals surface area contributed by atoms with Crippen molar-refractivity contribution in [2.24, 2.45) is 0 Å². The van der Waals surface area contributed by atoms with E-state index < -0.39 is 10.2 Å². The molecule has 2 aromatic heterocycles. The van der Waals surface area contributed by atoms with E-state index in [0.29, 0.717) is 36.4 Å². The molecule has 5 rings (SSSR count). The van der Waals surface area contributed by atoms with Crippen LogP contribution < -0.4 is 20.5 Å². The van der Waals surface area contributed by atoms with E-state index in [1.54, 1.807) is 18.2 Å². The lowest BCUT2D eigenvalue weighted by atomic mass is 10.1. The Morgan fingerprint density at radius 1 is 1.09 bits per heavy atom. The Morgan fingerprint density at radius 3 is 2.58 bits per heavy atom. The van der Waals surface area contributed by atoms with Crippen molar-refractivity contribution < 1.29 is 27.0 Å². The topological polar surface area (TPSA) is 99.6 Å². The van der Waals surface area contributed by atoms with Gasteiger partial charge in [-0.05, 0) is 17.7 Å². The zero-order valence-corrected chi connectivity index (χ0v) is 18.8. The van der Waals surface area contributed by atoms with E-state index >= 15 is 0 Å². The van der Waals surface area contributed by atoms with Crippen LogP contribution in [0.2, 0.25) is 0 Å². The van der Waals surface area contributed by atoms with Crippen molar-refractivity contribution in [1.29, 1.82) is 0 Å². The summed E-state index contributed by atoms with van der Waals surface area (Å²) in [6, 6.07) is 8.98. The highest BCUT2D eigenvalue weighted by atomic mass is 127. The number of alkyl halides is 5. The first kappa shape index (κ1) is 21.9. The van der Waals surface area contributed by atoms with Gasteiger partial charge in [-0.1, -0.05) is 24.3 Å². The maximum atomic E-state index is 13.5. The van der Waals surface area contributed by atoms with Crippen molar-refractivity contribution in [3.63, 3.8) is 0 Å². The van der Waals surface area contributed by atoms with E-state index in [0.717, 1.165) is 28.2 Å². The van der Waals surface area contributed by atoms with E-state index in [4.69, 9.17) is 5.73 Å². The highest BCUT2D eigenvalue weighted by molar-refractivity contribution is 14.1. The van der Waals surface area contributed by atoms with Crippen molar-refractivity contribution in [2.45, 2.75) is 23.2 Å². The zero-order valence-electron chi connectivity index (χ0n) is 16.7. The summed E-state index contributed by atoms with van der Waals surface area (Å²) >= 11 is 1.09. The Morgan fingerprint density at radius 2 is 1.85 bits per heavy atom. The van der Waals surface area contributed by atoms with Crippen molar-refractivity contribution in [3.8, 4) is 11.5 Å². The van der Waals surface area contributed by atoms with Crippen LogP contribution in [0, 0.1) is 0 Å². The number of anilines is 1. The highest BCUT2D eigenvalue weighted by Crippen LogP contribution is 2.45. The molecule has 0 saturated carbocycles. The highest BCUT2D eigenvalue weighted by Gasteiger charge is 2.45. The quantitative estimate of drug-likeness (QED) is 0.156. The summed E-state index contributed by atoms with van der Waals surface area (Å²) < 4.78 is 61.0. The zero-order chi connectivity index (χ0) is 23.4. The van der Waals surface area contributed by atoms with Crippen LogP contribution >= 0.6 is 22.6 Å². The minimum Gasteiger partial charge on any atom is -0.395 e. The van der Waals surface area contributed by atoms with Gasteiger partial charge in [0.15, 0.2) is 23.0 Å². The van der Waals surface area contributed by atoms with Crippen molar-refractivity contribution >= 4 is 45.1 Å². The second-order valence-corrected chi connectivity index (χ2v) is 8.67. The van der Waals surface area contributed by atoms with E-state index in [-0.39, 0.29) is 28.5 Å². The molecule has 0 spiro atoms. The fraction of sp³-hybridized carbons (Fsp3) is 0.250. The average Bonchev–Trinajstić information content (AvgIpc) is 3.31. The first-order valence-corrected chi connectivity index (χ1v) is 10.8. The van der Waals surface area contributed by atoms with Gasteiger partial charge in [-0.15, -0.1) is 13.9 Å². The number of nitrogens with zero attached hydrogens (tertiary/aromatic N) is 4. The average molecular weight is 574 g/mol. The van der Waals surface area contributed by atoms with Gasteiger partial charge >= 0.3 is 10.2 Å². The molecule has 0 radical (unpaired) electrons. The van der Waals surface area contributed by atoms with Crippen molar-refractivity contribution in [3.05, 3.63) is 53.3 Å². The summed E-state index contributed by atoms with van der Waals surface area (Å²) in [4.78, 5) is 8.62. The van der Waals surface area contributed by atoms with Crippen LogP contribution in [-0.4, -0.2) is 32.4 Å². The third kappa shape index (κ3) is 4.21. The van der Waals surface area contributed by atoms with Crippen molar-refractivity contribution in [2.75, 3.05) is 12.3 Å². The second kappa shape index (κ2) is 7.83. The molecule has 0 atom stereocenters. The SMILES string of the molecule is Nc1nc2c3c(ccc2c2nc(CCNCc4ccc(C(F)(F)I)cc4)nn12)OC(F)(F)O3. The van der Waals surface area contributed by atoms with Gasteiger partial charge in [-0.2, -0.15) is 13.3 Å². The smallest absolute Gasteiger partial charge is 0.395 e. The number of aromatic nitrogens is 4. The van der Waals surface area contributed by atoms with Gasteiger partial charge in [0.05, 0.1) is 0 Å². The van der Waals surface area contributed by atoms with Gasteiger partial charge in [0, 0.05) is 53.1 Å². The summed E-state index contributed by atoms with van der Waals surface area (Å²) in [5.74, 6) is 0.0853. The Hall–Kier alpha value is -2.94. The third-order valence-electron chi connectivity index (χ3n) is 5.02. The number of rotatable bonds is 6. The molecule has 3 heterocycles. The lowest BCUT2D eigenvalue weighted by Crippen LogP contribution is -2.26. The largest absolute Gasteiger partial charge is 0.586 e. The number of nitrogens with two attached hydrogens (primary N) is 1. The molecule has 33 heavy (non-hydrogen) atoms. The van der Waals surface area contributed by atoms with E-state index in [9.17, 15) is 17.6 Å².